The number of methoxy groups -OCH3 is 1. The van der Waals surface area contributed by atoms with Gasteiger partial charge in [0.2, 0.25) is 5.91 Å². The van der Waals surface area contributed by atoms with E-state index in [2.05, 4.69) is 42.7 Å². The molecular weight excluding hydrogens is 276 g/mol. The third-order valence-corrected chi connectivity index (χ3v) is 3.04. The van der Waals surface area contributed by atoms with Gasteiger partial charge >= 0.3 is 0 Å². The van der Waals surface area contributed by atoms with E-state index in [1.807, 2.05) is 6.92 Å². The molecule has 0 saturated heterocycles. The van der Waals surface area contributed by atoms with Crippen molar-refractivity contribution in [1.82, 2.24) is 10.6 Å². The molecule has 1 atom stereocenters. The number of nitrogens with one attached hydrogen (secondary N) is 2. The molecular formula is C15H25ClN2O2. The monoisotopic (exact) mass is 300 g/mol. The zero-order valence-corrected chi connectivity index (χ0v) is 13.5. The Balaban J connectivity index is 0.00000361. The molecule has 2 N–H and O–H groups in total. The largest absolute Gasteiger partial charge is 0.383 e. The van der Waals surface area contributed by atoms with Gasteiger partial charge in [0.1, 0.15) is 0 Å². The van der Waals surface area contributed by atoms with Gasteiger partial charge in [0.05, 0.1) is 19.2 Å². The number of halogens is 1. The Kier molecular flexibility index (Phi) is 9.21. The molecule has 0 fully saturated rings. The Bertz CT molecular complexity index is 424. The first-order valence-electron chi connectivity index (χ1n) is 6.60. The Labute approximate surface area is 127 Å². The molecule has 0 aromatic heterocycles. The number of aryl methyl sites for hydroxylation is 2. The molecule has 0 heterocycles. The van der Waals surface area contributed by atoms with E-state index in [1.54, 1.807) is 7.11 Å². The molecule has 1 amide bonds. The van der Waals surface area contributed by atoms with Crippen LogP contribution in [0.4, 0.5) is 0 Å². The smallest absolute Gasteiger partial charge is 0.234 e. The Morgan fingerprint density at radius 2 is 2.05 bits per heavy atom. The average molecular weight is 301 g/mol. The lowest BCUT2D eigenvalue weighted by Crippen LogP contribution is -2.36. The molecule has 1 aromatic rings. The van der Waals surface area contributed by atoms with E-state index < -0.39 is 0 Å². The minimum Gasteiger partial charge on any atom is -0.383 e. The van der Waals surface area contributed by atoms with Gasteiger partial charge in [-0.25, -0.2) is 0 Å². The topological polar surface area (TPSA) is 50.4 Å². The van der Waals surface area contributed by atoms with Crippen molar-refractivity contribution in [3.63, 3.8) is 0 Å². The van der Waals surface area contributed by atoms with Gasteiger partial charge in [-0.2, -0.15) is 0 Å². The van der Waals surface area contributed by atoms with Crippen LogP contribution < -0.4 is 10.6 Å². The summed E-state index contributed by atoms with van der Waals surface area (Å²) in [5.41, 5.74) is 3.61. The number of hydrogen-bond donors (Lipinski definition) is 2. The highest BCUT2D eigenvalue weighted by Gasteiger charge is 2.11. The lowest BCUT2D eigenvalue weighted by atomic mass is 10.0. The molecule has 4 nitrogen and oxygen atoms in total. The summed E-state index contributed by atoms with van der Waals surface area (Å²) in [6, 6.07) is 6.31. The number of carbonyl (C=O) groups is 1. The molecule has 0 aliphatic carbocycles. The van der Waals surface area contributed by atoms with Crippen LogP contribution in [0.2, 0.25) is 0 Å². The van der Waals surface area contributed by atoms with Crippen molar-refractivity contribution in [3.8, 4) is 0 Å². The van der Waals surface area contributed by atoms with Crippen molar-refractivity contribution in [2.75, 3.05) is 26.8 Å². The zero-order valence-electron chi connectivity index (χ0n) is 12.7. The van der Waals surface area contributed by atoms with Gasteiger partial charge in [-0.15, -0.1) is 12.4 Å². The van der Waals surface area contributed by atoms with Gasteiger partial charge in [0.25, 0.3) is 0 Å². The second-order valence-corrected chi connectivity index (χ2v) is 4.82. The Morgan fingerprint density at radius 3 is 2.65 bits per heavy atom. The highest BCUT2D eigenvalue weighted by Crippen LogP contribution is 2.18. The van der Waals surface area contributed by atoms with Gasteiger partial charge in [-0.1, -0.05) is 23.8 Å². The van der Waals surface area contributed by atoms with E-state index in [-0.39, 0.29) is 24.4 Å². The van der Waals surface area contributed by atoms with Gasteiger partial charge in [0, 0.05) is 13.7 Å². The van der Waals surface area contributed by atoms with E-state index in [0.717, 1.165) is 5.56 Å². The van der Waals surface area contributed by atoms with E-state index >= 15 is 0 Å². The van der Waals surface area contributed by atoms with E-state index in [1.165, 1.54) is 11.1 Å². The molecule has 1 rings (SSSR count). The molecule has 0 aliphatic rings. The van der Waals surface area contributed by atoms with E-state index in [4.69, 9.17) is 4.74 Å². The number of amides is 1. The minimum absolute atomic E-state index is 0. The summed E-state index contributed by atoms with van der Waals surface area (Å²) in [6.07, 6.45) is 0. The maximum absolute atomic E-state index is 11.8. The summed E-state index contributed by atoms with van der Waals surface area (Å²) < 4.78 is 4.91. The molecule has 0 saturated carbocycles. The summed E-state index contributed by atoms with van der Waals surface area (Å²) >= 11 is 0. The number of rotatable bonds is 7. The molecule has 0 bridgehead atoms. The van der Waals surface area contributed by atoms with Crippen LogP contribution in [0.1, 0.15) is 29.7 Å². The first-order chi connectivity index (χ1) is 9.04. The molecule has 0 aliphatic heterocycles. The van der Waals surface area contributed by atoms with Crippen molar-refractivity contribution in [3.05, 3.63) is 34.9 Å². The average Bonchev–Trinajstić information content (AvgIpc) is 2.34. The SMILES string of the molecule is COCCNCC(=O)NC(C)c1ccc(C)cc1C.Cl. The highest BCUT2D eigenvalue weighted by molar-refractivity contribution is 5.85. The van der Waals surface area contributed by atoms with Crippen LogP contribution in [-0.2, 0) is 9.53 Å². The lowest BCUT2D eigenvalue weighted by molar-refractivity contribution is -0.120. The minimum atomic E-state index is 0. The van der Waals surface area contributed by atoms with Gasteiger partial charge in [0.15, 0.2) is 0 Å². The van der Waals surface area contributed by atoms with Gasteiger partial charge < -0.3 is 15.4 Å². The first kappa shape index (κ1) is 18.9. The number of benzene rings is 1. The number of ether oxygens (including phenoxy) is 1. The van der Waals surface area contributed by atoms with E-state index in [9.17, 15) is 4.79 Å². The van der Waals surface area contributed by atoms with Crippen LogP contribution in [0.3, 0.4) is 0 Å². The Morgan fingerprint density at radius 1 is 1.35 bits per heavy atom. The van der Waals surface area contributed by atoms with Crippen LogP contribution in [-0.4, -0.2) is 32.7 Å². The van der Waals surface area contributed by atoms with Crippen molar-refractivity contribution in [2.24, 2.45) is 0 Å². The fourth-order valence-corrected chi connectivity index (χ4v) is 2.06. The van der Waals surface area contributed by atoms with Crippen LogP contribution in [0.15, 0.2) is 18.2 Å². The Hall–Kier alpha value is -1.10. The fourth-order valence-electron chi connectivity index (χ4n) is 2.06. The molecule has 0 spiro atoms. The third kappa shape index (κ3) is 6.37. The van der Waals surface area contributed by atoms with Crippen LogP contribution in [0.5, 0.6) is 0 Å². The van der Waals surface area contributed by atoms with Crippen LogP contribution in [0.25, 0.3) is 0 Å². The second-order valence-electron chi connectivity index (χ2n) is 4.82. The van der Waals surface area contributed by atoms with Crippen molar-refractivity contribution in [1.29, 1.82) is 0 Å². The highest BCUT2D eigenvalue weighted by atomic mass is 35.5. The predicted molar refractivity (Wildman–Crippen MR) is 84.5 cm³/mol. The fraction of sp³-hybridized carbons (Fsp3) is 0.533. The first-order valence-corrected chi connectivity index (χ1v) is 6.60. The molecule has 1 unspecified atom stereocenters. The number of carbonyl (C=O) groups excluding carboxylic acids is 1. The summed E-state index contributed by atoms with van der Waals surface area (Å²) in [7, 11) is 1.64. The quantitative estimate of drug-likeness (QED) is 0.759. The second kappa shape index (κ2) is 9.75. The van der Waals surface area contributed by atoms with Crippen molar-refractivity contribution in [2.45, 2.75) is 26.8 Å². The molecule has 0 radical (unpaired) electrons. The normalized spacial score (nSPS) is 11.6. The standard InChI is InChI=1S/C15H24N2O2.ClH/c1-11-5-6-14(12(2)9-11)13(3)17-15(18)10-16-7-8-19-4;/h5-6,9,13,16H,7-8,10H2,1-4H3,(H,17,18);1H. The molecule has 5 heteroatoms. The molecule has 1 aromatic carbocycles. The van der Waals surface area contributed by atoms with Crippen LogP contribution in [0, 0.1) is 13.8 Å². The van der Waals surface area contributed by atoms with Crippen molar-refractivity contribution >= 4 is 18.3 Å². The van der Waals surface area contributed by atoms with Crippen LogP contribution >= 0.6 is 12.4 Å². The summed E-state index contributed by atoms with van der Waals surface area (Å²) in [5.74, 6) is 0.00331. The third-order valence-electron chi connectivity index (χ3n) is 3.04. The van der Waals surface area contributed by atoms with Crippen molar-refractivity contribution < 1.29 is 9.53 Å². The maximum atomic E-state index is 11.8. The predicted octanol–water partition coefficient (Wildman–Crippen LogP) is 2.14. The van der Waals surface area contributed by atoms with Gasteiger partial charge in [-0.3, -0.25) is 4.79 Å². The van der Waals surface area contributed by atoms with Gasteiger partial charge in [-0.05, 0) is 31.9 Å². The molecule has 20 heavy (non-hydrogen) atoms. The lowest BCUT2D eigenvalue weighted by Gasteiger charge is -2.17. The van der Waals surface area contributed by atoms with E-state index in [0.29, 0.717) is 19.7 Å². The molecule has 114 valence electrons. The summed E-state index contributed by atoms with van der Waals surface area (Å²) in [6.45, 7) is 7.76. The summed E-state index contributed by atoms with van der Waals surface area (Å²) in [4.78, 5) is 11.8. The summed E-state index contributed by atoms with van der Waals surface area (Å²) in [5, 5.41) is 6.02. The maximum Gasteiger partial charge on any atom is 0.234 e. The number of hydrogen-bond acceptors (Lipinski definition) is 3. The zero-order chi connectivity index (χ0) is 14.3.